The molecule has 0 saturated heterocycles. The van der Waals surface area contributed by atoms with Crippen LogP contribution in [0.1, 0.15) is 12.5 Å². The van der Waals surface area contributed by atoms with Gasteiger partial charge in [0.25, 0.3) is 5.91 Å². The van der Waals surface area contributed by atoms with E-state index in [1.165, 1.54) is 18.2 Å². The van der Waals surface area contributed by atoms with Crippen LogP contribution >= 0.6 is 0 Å². The van der Waals surface area contributed by atoms with Crippen molar-refractivity contribution in [1.29, 1.82) is 0 Å². The molecule has 7 heteroatoms. The van der Waals surface area contributed by atoms with Gasteiger partial charge in [0.05, 0.1) is 0 Å². The molecular formula is C19H15F2NO4. The predicted molar refractivity (Wildman–Crippen MR) is 92.3 cm³/mol. The van der Waals surface area contributed by atoms with Crippen molar-refractivity contribution in [2.75, 3.05) is 11.9 Å². The van der Waals surface area contributed by atoms with Crippen LogP contribution < -0.4 is 15.7 Å². The molecule has 0 unspecified atom stereocenters. The molecule has 0 radical (unpaired) electrons. The zero-order chi connectivity index (χ0) is 18.7. The van der Waals surface area contributed by atoms with Crippen LogP contribution in [0.15, 0.2) is 51.7 Å². The Labute approximate surface area is 147 Å². The summed E-state index contributed by atoms with van der Waals surface area (Å²) in [6, 6.07) is 9.42. The molecule has 0 atom stereocenters. The van der Waals surface area contributed by atoms with Gasteiger partial charge in [-0.3, -0.25) is 4.79 Å². The Morgan fingerprint density at radius 2 is 1.92 bits per heavy atom. The van der Waals surface area contributed by atoms with E-state index in [1.54, 1.807) is 12.1 Å². The van der Waals surface area contributed by atoms with Gasteiger partial charge in [0, 0.05) is 29.3 Å². The van der Waals surface area contributed by atoms with Crippen molar-refractivity contribution in [3.63, 3.8) is 0 Å². The summed E-state index contributed by atoms with van der Waals surface area (Å²) in [5.74, 6) is -2.25. The second-order valence-corrected chi connectivity index (χ2v) is 5.57. The SMILES string of the molecule is CCc1cc(=O)oc2cc(OCC(=O)Nc3ccc(F)c(F)c3)ccc12. The highest BCUT2D eigenvalue weighted by Crippen LogP contribution is 2.23. The molecule has 1 aromatic heterocycles. The summed E-state index contributed by atoms with van der Waals surface area (Å²) in [7, 11) is 0. The number of hydrogen-bond acceptors (Lipinski definition) is 4. The molecule has 1 amide bonds. The first-order valence-electron chi connectivity index (χ1n) is 7.90. The van der Waals surface area contributed by atoms with Crippen LogP contribution in [0.25, 0.3) is 11.0 Å². The van der Waals surface area contributed by atoms with E-state index < -0.39 is 23.2 Å². The first kappa shape index (κ1) is 17.6. The molecule has 2 aromatic carbocycles. The molecule has 0 aliphatic rings. The average molecular weight is 359 g/mol. The highest BCUT2D eigenvalue weighted by atomic mass is 19.2. The zero-order valence-electron chi connectivity index (χ0n) is 13.8. The largest absolute Gasteiger partial charge is 0.484 e. The standard InChI is InChI=1S/C19H15F2NO4/c1-2-11-7-19(24)26-17-9-13(4-5-14(11)17)25-10-18(23)22-12-3-6-15(20)16(21)8-12/h3-9H,2,10H2,1H3,(H,22,23). The molecule has 1 heterocycles. The number of halogens is 2. The van der Waals surface area contributed by atoms with Gasteiger partial charge < -0.3 is 14.5 Å². The van der Waals surface area contributed by atoms with E-state index in [-0.39, 0.29) is 12.3 Å². The van der Waals surface area contributed by atoms with E-state index in [2.05, 4.69) is 5.32 Å². The third-order valence-corrected chi connectivity index (χ3v) is 3.76. The third-order valence-electron chi connectivity index (χ3n) is 3.76. The van der Waals surface area contributed by atoms with Crippen LogP contribution in [0.4, 0.5) is 14.5 Å². The van der Waals surface area contributed by atoms with E-state index in [4.69, 9.17) is 9.15 Å². The summed E-state index contributed by atoms with van der Waals surface area (Å²) >= 11 is 0. The molecule has 0 bridgehead atoms. The maximum Gasteiger partial charge on any atom is 0.336 e. The van der Waals surface area contributed by atoms with Crippen LogP contribution in [0.3, 0.4) is 0 Å². The summed E-state index contributed by atoms with van der Waals surface area (Å²) in [5, 5.41) is 3.20. The van der Waals surface area contributed by atoms with Crippen molar-refractivity contribution in [2.24, 2.45) is 0 Å². The Kier molecular flexibility index (Phi) is 4.97. The smallest absolute Gasteiger partial charge is 0.336 e. The quantitative estimate of drug-likeness (QED) is 0.706. The molecule has 0 aliphatic carbocycles. The summed E-state index contributed by atoms with van der Waals surface area (Å²) in [6.07, 6.45) is 0.680. The molecule has 134 valence electrons. The number of ether oxygens (including phenoxy) is 1. The summed E-state index contributed by atoms with van der Waals surface area (Å²) in [6.45, 7) is 1.59. The van der Waals surface area contributed by atoms with Crippen LogP contribution in [0, 0.1) is 11.6 Å². The second kappa shape index (κ2) is 7.35. The first-order valence-corrected chi connectivity index (χ1v) is 7.90. The number of hydrogen-bond donors (Lipinski definition) is 1. The first-order chi connectivity index (χ1) is 12.5. The van der Waals surface area contributed by atoms with Crippen molar-refractivity contribution >= 4 is 22.6 Å². The fourth-order valence-electron chi connectivity index (χ4n) is 2.51. The number of amides is 1. The number of fused-ring (bicyclic) bond motifs is 1. The average Bonchev–Trinajstić information content (AvgIpc) is 2.62. The van der Waals surface area contributed by atoms with Gasteiger partial charge in [0.2, 0.25) is 0 Å². The van der Waals surface area contributed by atoms with Crippen LogP contribution in [0.2, 0.25) is 0 Å². The van der Waals surface area contributed by atoms with Gasteiger partial charge in [0.15, 0.2) is 18.2 Å². The Hall–Kier alpha value is -3.22. The number of rotatable bonds is 5. The van der Waals surface area contributed by atoms with Crippen molar-refractivity contribution in [3.05, 3.63) is 70.1 Å². The van der Waals surface area contributed by atoms with Gasteiger partial charge >= 0.3 is 5.63 Å². The highest BCUT2D eigenvalue weighted by molar-refractivity contribution is 5.92. The lowest BCUT2D eigenvalue weighted by Gasteiger charge is -2.09. The number of carbonyl (C=O) groups excluding carboxylic acids is 1. The van der Waals surface area contributed by atoms with E-state index in [1.807, 2.05) is 6.92 Å². The minimum Gasteiger partial charge on any atom is -0.484 e. The van der Waals surface area contributed by atoms with Crippen molar-refractivity contribution in [1.82, 2.24) is 0 Å². The Morgan fingerprint density at radius 1 is 1.12 bits per heavy atom. The molecule has 3 aromatic rings. The minimum absolute atomic E-state index is 0.120. The van der Waals surface area contributed by atoms with Gasteiger partial charge in [-0.25, -0.2) is 13.6 Å². The molecule has 26 heavy (non-hydrogen) atoms. The minimum atomic E-state index is -1.06. The van der Waals surface area contributed by atoms with Gasteiger partial charge in [-0.1, -0.05) is 6.92 Å². The molecular weight excluding hydrogens is 344 g/mol. The number of aryl methyl sites for hydroxylation is 1. The number of carbonyl (C=O) groups is 1. The fraction of sp³-hybridized carbons (Fsp3) is 0.158. The highest BCUT2D eigenvalue weighted by Gasteiger charge is 2.09. The molecule has 1 N–H and O–H groups in total. The van der Waals surface area contributed by atoms with Crippen LogP contribution in [0.5, 0.6) is 5.75 Å². The normalized spacial score (nSPS) is 10.7. The Morgan fingerprint density at radius 3 is 2.65 bits per heavy atom. The van der Waals surface area contributed by atoms with Gasteiger partial charge in [-0.15, -0.1) is 0 Å². The van der Waals surface area contributed by atoms with Crippen LogP contribution in [-0.2, 0) is 11.2 Å². The lowest BCUT2D eigenvalue weighted by Crippen LogP contribution is -2.20. The number of nitrogens with one attached hydrogen (secondary N) is 1. The number of benzene rings is 2. The predicted octanol–water partition coefficient (Wildman–Crippen LogP) is 3.65. The van der Waals surface area contributed by atoms with Gasteiger partial charge in [-0.2, -0.15) is 0 Å². The molecule has 3 rings (SSSR count). The zero-order valence-corrected chi connectivity index (χ0v) is 13.8. The van der Waals surface area contributed by atoms with Crippen molar-refractivity contribution < 1.29 is 22.7 Å². The third kappa shape index (κ3) is 3.88. The summed E-state index contributed by atoms with van der Waals surface area (Å²) in [4.78, 5) is 23.4. The van der Waals surface area contributed by atoms with Crippen LogP contribution in [-0.4, -0.2) is 12.5 Å². The maximum atomic E-state index is 13.1. The molecule has 0 spiro atoms. The molecule has 0 aliphatic heterocycles. The second-order valence-electron chi connectivity index (χ2n) is 5.57. The summed E-state index contributed by atoms with van der Waals surface area (Å²) < 4.78 is 36.5. The van der Waals surface area contributed by atoms with Gasteiger partial charge in [0.1, 0.15) is 11.3 Å². The lowest BCUT2D eigenvalue weighted by atomic mass is 10.1. The van der Waals surface area contributed by atoms with Crippen molar-refractivity contribution in [3.8, 4) is 5.75 Å². The Balaban J connectivity index is 1.70. The van der Waals surface area contributed by atoms with E-state index in [0.717, 1.165) is 23.1 Å². The maximum absolute atomic E-state index is 13.1. The molecule has 0 fully saturated rings. The summed E-state index contributed by atoms with van der Waals surface area (Å²) in [5.41, 5.74) is 0.893. The molecule has 0 saturated carbocycles. The Bertz CT molecular complexity index is 1030. The molecule has 5 nitrogen and oxygen atoms in total. The monoisotopic (exact) mass is 359 g/mol. The lowest BCUT2D eigenvalue weighted by molar-refractivity contribution is -0.118. The number of anilines is 1. The van der Waals surface area contributed by atoms with E-state index >= 15 is 0 Å². The fourth-order valence-corrected chi connectivity index (χ4v) is 2.51. The topological polar surface area (TPSA) is 68.5 Å². The van der Waals surface area contributed by atoms with E-state index in [0.29, 0.717) is 17.8 Å². The van der Waals surface area contributed by atoms with Gasteiger partial charge in [-0.05, 0) is 36.2 Å². The van der Waals surface area contributed by atoms with E-state index in [9.17, 15) is 18.4 Å². The van der Waals surface area contributed by atoms with Crippen molar-refractivity contribution in [2.45, 2.75) is 13.3 Å².